The molecule has 2 fully saturated rings. The highest BCUT2D eigenvalue weighted by Gasteiger charge is 2.34. The lowest BCUT2D eigenvalue weighted by molar-refractivity contribution is -0.133. The van der Waals surface area contributed by atoms with E-state index in [1.807, 2.05) is 27.7 Å². The van der Waals surface area contributed by atoms with Crippen LogP contribution >= 0.6 is 0 Å². The van der Waals surface area contributed by atoms with Gasteiger partial charge in [0.1, 0.15) is 17.7 Å². The SMILES string of the molecule is CCC(C)[C@H](NC(=O)[C@H](CC1CCCCC1)NC(=O)OC(C)(C)C)C(=O)N[C@@H](CC(C)C)[C@@H](O)CC(=O)NCCN1CCOCC1. The number of carbonyl (C=O) groups is 4. The van der Waals surface area contributed by atoms with Crippen LogP contribution in [0.25, 0.3) is 0 Å². The number of aliphatic hydroxyl groups is 1. The smallest absolute Gasteiger partial charge is 0.408 e. The molecule has 1 saturated carbocycles. The molecule has 1 aliphatic carbocycles. The summed E-state index contributed by atoms with van der Waals surface area (Å²) in [5.74, 6) is -0.929. The Labute approximate surface area is 276 Å². The van der Waals surface area contributed by atoms with Crippen molar-refractivity contribution in [1.29, 1.82) is 0 Å². The number of ether oxygens (including phenoxy) is 2. The van der Waals surface area contributed by atoms with Gasteiger partial charge in [0.05, 0.1) is 31.8 Å². The first-order valence-electron chi connectivity index (χ1n) is 17.5. The molecule has 5 atom stereocenters. The Kier molecular flexibility index (Phi) is 17.3. The van der Waals surface area contributed by atoms with Gasteiger partial charge in [-0.05, 0) is 51.4 Å². The van der Waals surface area contributed by atoms with Crippen LogP contribution in [0.1, 0.15) is 106 Å². The Bertz CT molecular complexity index is 945. The Morgan fingerprint density at radius 2 is 1.61 bits per heavy atom. The second-order valence-corrected chi connectivity index (χ2v) is 14.6. The maximum Gasteiger partial charge on any atom is 0.408 e. The van der Waals surface area contributed by atoms with Crippen molar-refractivity contribution in [2.45, 2.75) is 136 Å². The van der Waals surface area contributed by atoms with Crippen LogP contribution in [0, 0.1) is 17.8 Å². The van der Waals surface area contributed by atoms with Gasteiger partial charge in [-0.2, -0.15) is 0 Å². The molecule has 0 radical (unpaired) electrons. The fourth-order valence-electron chi connectivity index (χ4n) is 6.07. The second kappa shape index (κ2) is 20.0. The van der Waals surface area contributed by atoms with Gasteiger partial charge in [0.25, 0.3) is 0 Å². The molecule has 5 N–H and O–H groups in total. The molecule has 0 aromatic heterocycles. The molecule has 1 unspecified atom stereocenters. The van der Waals surface area contributed by atoms with Gasteiger partial charge in [-0.3, -0.25) is 19.3 Å². The molecule has 1 saturated heterocycles. The van der Waals surface area contributed by atoms with Gasteiger partial charge in [0.15, 0.2) is 0 Å². The number of aliphatic hydroxyl groups excluding tert-OH is 1. The van der Waals surface area contributed by atoms with E-state index in [0.717, 1.165) is 38.8 Å². The van der Waals surface area contributed by atoms with E-state index in [-0.39, 0.29) is 24.2 Å². The summed E-state index contributed by atoms with van der Waals surface area (Å²) in [6, 6.07) is -2.43. The highest BCUT2D eigenvalue weighted by molar-refractivity contribution is 5.91. The van der Waals surface area contributed by atoms with E-state index in [9.17, 15) is 24.3 Å². The predicted molar refractivity (Wildman–Crippen MR) is 178 cm³/mol. The molecule has 266 valence electrons. The van der Waals surface area contributed by atoms with E-state index in [4.69, 9.17) is 9.47 Å². The number of hydrogen-bond donors (Lipinski definition) is 5. The van der Waals surface area contributed by atoms with Gasteiger partial charge in [-0.1, -0.05) is 66.2 Å². The summed E-state index contributed by atoms with van der Waals surface area (Å²) in [4.78, 5) is 55.1. The molecule has 2 aliphatic rings. The van der Waals surface area contributed by atoms with Gasteiger partial charge in [0, 0.05) is 26.2 Å². The molecule has 0 bridgehead atoms. The average molecular weight is 654 g/mol. The van der Waals surface area contributed by atoms with Crippen LogP contribution in [0.15, 0.2) is 0 Å². The number of nitrogens with zero attached hydrogens (tertiary/aromatic N) is 1. The van der Waals surface area contributed by atoms with Crippen LogP contribution < -0.4 is 21.3 Å². The maximum absolute atomic E-state index is 13.8. The second-order valence-electron chi connectivity index (χ2n) is 14.6. The van der Waals surface area contributed by atoms with Gasteiger partial charge in [-0.15, -0.1) is 0 Å². The summed E-state index contributed by atoms with van der Waals surface area (Å²) in [5.41, 5.74) is -0.721. The van der Waals surface area contributed by atoms with Crippen molar-refractivity contribution in [2.24, 2.45) is 17.8 Å². The predicted octanol–water partition coefficient (Wildman–Crippen LogP) is 3.11. The third kappa shape index (κ3) is 15.4. The minimum absolute atomic E-state index is 0.138. The number of nitrogens with one attached hydrogen (secondary N) is 4. The number of amides is 4. The first-order valence-corrected chi connectivity index (χ1v) is 17.5. The van der Waals surface area contributed by atoms with Crippen molar-refractivity contribution >= 4 is 23.8 Å². The lowest BCUT2D eigenvalue weighted by Crippen LogP contribution is -2.58. The molecule has 46 heavy (non-hydrogen) atoms. The zero-order valence-corrected chi connectivity index (χ0v) is 29.5. The number of rotatable bonds is 17. The molecular formula is C34H63N5O7. The molecule has 0 spiro atoms. The summed E-state index contributed by atoms with van der Waals surface area (Å²) in [5, 5.41) is 22.6. The molecule has 1 heterocycles. The molecule has 1 aliphatic heterocycles. The highest BCUT2D eigenvalue weighted by Crippen LogP contribution is 2.28. The van der Waals surface area contributed by atoms with Crippen LogP contribution in [0.5, 0.6) is 0 Å². The normalized spacial score (nSPS) is 19.8. The molecule has 2 rings (SSSR count). The van der Waals surface area contributed by atoms with Crippen molar-refractivity contribution in [2.75, 3.05) is 39.4 Å². The third-order valence-electron chi connectivity index (χ3n) is 8.86. The zero-order valence-electron chi connectivity index (χ0n) is 29.5. The lowest BCUT2D eigenvalue weighted by atomic mass is 9.84. The summed E-state index contributed by atoms with van der Waals surface area (Å²) >= 11 is 0. The van der Waals surface area contributed by atoms with E-state index in [2.05, 4.69) is 26.2 Å². The van der Waals surface area contributed by atoms with Crippen molar-refractivity contribution in [1.82, 2.24) is 26.2 Å². The van der Waals surface area contributed by atoms with E-state index < -0.39 is 47.7 Å². The van der Waals surface area contributed by atoms with Crippen LogP contribution in [-0.4, -0.2) is 103 Å². The van der Waals surface area contributed by atoms with Crippen LogP contribution in [-0.2, 0) is 23.9 Å². The molecule has 12 heteroatoms. The topological polar surface area (TPSA) is 158 Å². The Balaban J connectivity index is 2.08. The Hall–Kier alpha value is -2.44. The van der Waals surface area contributed by atoms with Crippen LogP contribution in [0.4, 0.5) is 4.79 Å². The Morgan fingerprint density at radius 3 is 2.20 bits per heavy atom. The Morgan fingerprint density at radius 1 is 0.957 bits per heavy atom. The molecule has 12 nitrogen and oxygen atoms in total. The largest absolute Gasteiger partial charge is 0.444 e. The maximum atomic E-state index is 13.8. The highest BCUT2D eigenvalue weighted by atomic mass is 16.6. The van der Waals surface area contributed by atoms with Crippen LogP contribution in [0.3, 0.4) is 0 Å². The summed E-state index contributed by atoms with van der Waals surface area (Å²) in [6.07, 6.45) is 4.96. The fraction of sp³-hybridized carbons (Fsp3) is 0.882. The quantitative estimate of drug-likeness (QED) is 0.160. The number of carbonyl (C=O) groups excluding carboxylic acids is 4. The van der Waals surface area contributed by atoms with Gasteiger partial charge in [-0.25, -0.2) is 4.79 Å². The molecule has 0 aromatic rings. The number of alkyl carbamates (subject to hydrolysis) is 1. The zero-order chi connectivity index (χ0) is 34.3. The third-order valence-corrected chi connectivity index (χ3v) is 8.86. The van der Waals surface area contributed by atoms with Crippen molar-refractivity contribution in [3.05, 3.63) is 0 Å². The minimum atomic E-state index is -1.10. The molecule has 0 aromatic carbocycles. The van der Waals surface area contributed by atoms with Gasteiger partial charge < -0.3 is 35.8 Å². The summed E-state index contributed by atoms with van der Waals surface area (Å²) in [7, 11) is 0. The summed E-state index contributed by atoms with van der Waals surface area (Å²) < 4.78 is 10.8. The number of hydrogen-bond acceptors (Lipinski definition) is 8. The fourth-order valence-corrected chi connectivity index (χ4v) is 6.07. The van der Waals surface area contributed by atoms with Crippen molar-refractivity contribution in [3.8, 4) is 0 Å². The van der Waals surface area contributed by atoms with Crippen LogP contribution in [0.2, 0.25) is 0 Å². The molecule has 4 amide bonds. The van der Waals surface area contributed by atoms with Gasteiger partial charge >= 0.3 is 6.09 Å². The van der Waals surface area contributed by atoms with Crippen molar-refractivity contribution in [3.63, 3.8) is 0 Å². The first kappa shape index (κ1) is 39.7. The standard InChI is InChI=1S/C34H63N5O7/c1-8-24(4)30(38-31(42)27(21-25-12-10-9-11-13-25)37-33(44)46-34(5,6)7)32(43)36-26(20-23(2)3)28(40)22-29(41)35-14-15-39-16-18-45-19-17-39/h23-28,30,40H,8-22H2,1-7H3,(H,35,41)(H,36,43)(H,37,44)(H,38,42)/t24?,26-,27-,28-,30-/m0/s1. The van der Waals surface area contributed by atoms with E-state index in [1.165, 1.54) is 6.42 Å². The average Bonchev–Trinajstić information content (AvgIpc) is 2.98. The lowest BCUT2D eigenvalue weighted by Gasteiger charge is -2.32. The first-order chi connectivity index (χ1) is 21.7. The van der Waals surface area contributed by atoms with E-state index in [0.29, 0.717) is 51.5 Å². The van der Waals surface area contributed by atoms with Crippen molar-refractivity contribution < 1.29 is 33.8 Å². The van der Waals surface area contributed by atoms with E-state index >= 15 is 0 Å². The summed E-state index contributed by atoms with van der Waals surface area (Å²) in [6.45, 7) is 17.3. The monoisotopic (exact) mass is 653 g/mol. The molecular weight excluding hydrogens is 590 g/mol. The number of morpholine rings is 1. The van der Waals surface area contributed by atoms with Gasteiger partial charge in [0.2, 0.25) is 17.7 Å². The van der Waals surface area contributed by atoms with E-state index in [1.54, 1.807) is 20.8 Å². The minimum Gasteiger partial charge on any atom is -0.444 e.